The maximum absolute atomic E-state index is 12.0. The Balaban J connectivity index is 2.36. The molecule has 0 bridgehead atoms. The molecular formula is C14H25N2O3. The summed E-state index contributed by atoms with van der Waals surface area (Å²) in [4.78, 5) is 24.7. The maximum Gasteiger partial charge on any atom is 0.226 e. The molecule has 0 aliphatic carbocycles. The number of hydrogen-bond acceptors (Lipinski definition) is 3. The van der Waals surface area contributed by atoms with Gasteiger partial charge in [0.05, 0.1) is 12.5 Å². The first-order chi connectivity index (χ1) is 9.04. The van der Waals surface area contributed by atoms with E-state index in [1.165, 1.54) is 6.42 Å². The second-order valence-electron chi connectivity index (χ2n) is 5.11. The van der Waals surface area contributed by atoms with E-state index in [1.807, 2.05) is 6.92 Å². The average Bonchev–Trinajstić information content (AvgIpc) is 2.42. The zero-order valence-corrected chi connectivity index (χ0v) is 11.9. The number of ether oxygens (including phenoxy) is 1. The molecule has 1 aliphatic heterocycles. The molecule has 5 nitrogen and oxygen atoms in total. The number of nitrogens with two attached hydrogens (primary N) is 1. The Labute approximate surface area is 115 Å². The van der Waals surface area contributed by atoms with E-state index in [0.29, 0.717) is 19.5 Å². The van der Waals surface area contributed by atoms with Crippen LogP contribution in [0.15, 0.2) is 0 Å². The van der Waals surface area contributed by atoms with E-state index in [1.54, 1.807) is 18.2 Å². The molecule has 0 saturated carbocycles. The molecule has 19 heavy (non-hydrogen) atoms. The number of primary amides is 1. The Morgan fingerprint density at radius 2 is 2.21 bits per heavy atom. The van der Waals surface area contributed by atoms with Crippen LogP contribution in [0.3, 0.4) is 0 Å². The first-order valence-corrected chi connectivity index (χ1v) is 7.07. The summed E-state index contributed by atoms with van der Waals surface area (Å²) in [5.74, 6) is -0.707. The van der Waals surface area contributed by atoms with Crippen molar-refractivity contribution in [2.75, 3.05) is 19.7 Å². The molecule has 0 aromatic rings. The van der Waals surface area contributed by atoms with Crippen molar-refractivity contribution in [2.45, 2.75) is 45.6 Å². The number of carbonyl (C=O) groups excluding carboxylic acids is 2. The van der Waals surface area contributed by atoms with Crippen LogP contribution in [0.5, 0.6) is 0 Å². The Kier molecular flexibility index (Phi) is 6.84. The summed E-state index contributed by atoms with van der Waals surface area (Å²) in [5, 5.41) is 0. The molecule has 1 rings (SSSR count). The second-order valence-corrected chi connectivity index (χ2v) is 5.11. The van der Waals surface area contributed by atoms with Gasteiger partial charge in [0.15, 0.2) is 0 Å². The van der Waals surface area contributed by atoms with Crippen LogP contribution in [0, 0.1) is 12.3 Å². The van der Waals surface area contributed by atoms with Crippen LogP contribution in [-0.4, -0.2) is 42.5 Å². The summed E-state index contributed by atoms with van der Waals surface area (Å²) >= 11 is 0. The van der Waals surface area contributed by atoms with Crippen molar-refractivity contribution in [2.24, 2.45) is 11.7 Å². The molecule has 2 N–H and O–H groups in total. The zero-order valence-electron chi connectivity index (χ0n) is 11.9. The van der Waals surface area contributed by atoms with Crippen molar-refractivity contribution in [1.82, 2.24) is 4.90 Å². The molecule has 2 atom stereocenters. The van der Waals surface area contributed by atoms with E-state index in [4.69, 9.17) is 10.5 Å². The molecule has 1 heterocycles. The van der Waals surface area contributed by atoms with Crippen LogP contribution in [0.1, 0.15) is 39.5 Å². The molecule has 0 aromatic carbocycles. The Bertz CT molecular complexity index is 301. The number of nitrogens with zero attached hydrogens (tertiary/aromatic N) is 1. The lowest BCUT2D eigenvalue weighted by molar-refractivity contribution is -0.130. The quantitative estimate of drug-likeness (QED) is 0.752. The summed E-state index contributed by atoms with van der Waals surface area (Å²) in [6, 6.07) is 0. The molecule has 1 radical (unpaired) electrons. The van der Waals surface area contributed by atoms with Crippen LogP contribution in [0.2, 0.25) is 0 Å². The van der Waals surface area contributed by atoms with Gasteiger partial charge in [-0.3, -0.25) is 9.59 Å². The third kappa shape index (κ3) is 5.59. The van der Waals surface area contributed by atoms with Crippen molar-refractivity contribution >= 4 is 11.8 Å². The van der Waals surface area contributed by atoms with Gasteiger partial charge in [-0.2, -0.15) is 0 Å². The normalized spacial score (nSPS) is 20.8. The van der Waals surface area contributed by atoms with E-state index in [0.717, 1.165) is 19.4 Å². The zero-order chi connectivity index (χ0) is 14.3. The highest BCUT2D eigenvalue weighted by Gasteiger charge is 2.21. The lowest BCUT2D eigenvalue weighted by Gasteiger charge is -2.29. The Hall–Kier alpha value is -1.10. The number of hydrogen-bond donors (Lipinski definition) is 1. The van der Waals surface area contributed by atoms with Crippen LogP contribution in [-0.2, 0) is 14.3 Å². The van der Waals surface area contributed by atoms with Gasteiger partial charge < -0.3 is 15.4 Å². The van der Waals surface area contributed by atoms with Gasteiger partial charge >= 0.3 is 0 Å². The predicted molar refractivity (Wildman–Crippen MR) is 73.1 cm³/mol. The summed E-state index contributed by atoms with van der Waals surface area (Å²) < 4.78 is 5.64. The monoisotopic (exact) mass is 269 g/mol. The van der Waals surface area contributed by atoms with Crippen molar-refractivity contribution in [3.8, 4) is 0 Å². The summed E-state index contributed by atoms with van der Waals surface area (Å²) in [6.45, 7) is 5.76. The smallest absolute Gasteiger partial charge is 0.226 e. The highest BCUT2D eigenvalue weighted by Crippen LogP contribution is 2.15. The first kappa shape index (κ1) is 16.0. The van der Waals surface area contributed by atoms with E-state index >= 15 is 0 Å². The first-order valence-electron chi connectivity index (χ1n) is 7.07. The highest BCUT2D eigenvalue weighted by molar-refractivity contribution is 5.86. The van der Waals surface area contributed by atoms with Gasteiger partial charge in [-0.15, -0.1) is 0 Å². The largest absolute Gasteiger partial charge is 0.376 e. The van der Waals surface area contributed by atoms with Crippen LogP contribution in [0.4, 0.5) is 0 Å². The van der Waals surface area contributed by atoms with Crippen LogP contribution >= 0.6 is 0 Å². The van der Waals surface area contributed by atoms with Gasteiger partial charge in [-0.05, 0) is 32.6 Å². The van der Waals surface area contributed by atoms with Gasteiger partial charge in [0, 0.05) is 25.6 Å². The van der Waals surface area contributed by atoms with Crippen molar-refractivity contribution in [1.29, 1.82) is 0 Å². The van der Waals surface area contributed by atoms with E-state index in [9.17, 15) is 9.59 Å². The minimum absolute atomic E-state index is 0.0372. The van der Waals surface area contributed by atoms with Gasteiger partial charge in [-0.1, -0.05) is 6.92 Å². The highest BCUT2D eigenvalue weighted by atomic mass is 16.5. The third-order valence-corrected chi connectivity index (χ3v) is 3.52. The SMILES string of the molecule is CCN(C[C@@H]1CCCCO1)C(=O)[CH]CC(C)C(N)=O. The fourth-order valence-electron chi connectivity index (χ4n) is 2.09. The minimum atomic E-state index is -0.372. The molecule has 0 aromatic heterocycles. The molecule has 109 valence electrons. The fraction of sp³-hybridized carbons (Fsp3) is 0.786. The lowest BCUT2D eigenvalue weighted by atomic mass is 10.0. The van der Waals surface area contributed by atoms with E-state index in [2.05, 4.69) is 0 Å². The lowest BCUT2D eigenvalue weighted by Crippen LogP contribution is -2.40. The van der Waals surface area contributed by atoms with Crippen molar-refractivity contribution in [3.63, 3.8) is 0 Å². The van der Waals surface area contributed by atoms with Crippen molar-refractivity contribution in [3.05, 3.63) is 6.42 Å². The number of amides is 2. The van der Waals surface area contributed by atoms with Crippen molar-refractivity contribution < 1.29 is 14.3 Å². The second kappa shape index (κ2) is 8.15. The molecule has 5 heteroatoms. The summed E-state index contributed by atoms with van der Waals surface area (Å²) in [7, 11) is 0. The fourth-order valence-corrected chi connectivity index (χ4v) is 2.09. The van der Waals surface area contributed by atoms with Gasteiger partial charge in [0.1, 0.15) is 0 Å². The van der Waals surface area contributed by atoms with Crippen LogP contribution in [0.25, 0.3) is 0 Å². The minimum Gasteiger partial charge on any atom is -0.376 e. The average molecular weight is 269 g/mol. The standard InChI is InChI=1S/C14H25N2O3/c1-3-16(10-12-6-4-5-9-19-12)13(17)8-7-11(2)14(15)18/h8,11-12H,3-7,9-10H2,1-2H3,(H2,15,18)/t11?,12-/m0/s1. The Morgan fingerprint density at radius 3 is 2.74 bits per heavy atom. The molecule has 1 fully saturated rings. The topological polar surface area (TPSA) is 72.6 Å². The molecule has 2 amide bonds. The van der Waals surface area contributed by atoms with E-state index < -0.39 is 0 Å². The van der Waals surface area contributed by atoms with Gasteiger partial charge in [0.2, 0.25) is 11.8 Å². The summed E-state index contributed by atoms with van der Waals surface area (Å²) in [5.41, 5.74) is 5.18. The van der Waals surface area contributed by atoms with Crippen LogP contribution < -0.4 is 5.73 Å². The predicted octanol–water partition coefficient (Wildman–Crippen LogP) is 1.12. The molecule has 0 spiro atoms. The Morgan fingerprint density at radius 1 is 1.47 bits per heavy atom. The van der Waals surface area contributed by atoms with E-state index in [-0.39, 0.29) is 23.8 Å². The molecular weight excluding hydrogens is 244 g/mol. The van der Waals surface area contributed by atoms with Gasteiger partial charge in [-0.25, -0.2) is 0 Å². The summed E-state index contributed by atoms with van der Waals surface area (Å²) in [6.07, 6.45) is 5.40. The number of carbonyl (C=O) groups is 2. The van der Waals surface area contributed by atoms with Gasteiger partial charge in [0.25, 0.3) is 0 Å². The molecule has 1 aliphatic rings. The third-order valence-electron chi connectivity index (χ3n) is 3.52. The molecule has 1 saturated heterocycles. The maximum atomic E-state index is 12.0. The number of rotatable bonds is 7. The molecule has 1 unspecified atom stereocenters. The number of likely N-dealkylation sites (N-methyl/N-ethyl adjacent to an activating group) is 1.